The number of benzene rings is 1. The molecule has 27 heavy (non-hydrogen) atoms. The van der Waals surface area contributed by atoms with Gasteiger partial charge in [-0.1, -0.05) is 6.07 Å². The molecule has 1 unspecified atom stereocenters. The van der Waals surface area contributed by atoms with E-state index in [1.165, 1.54) is 0 Å². The molecule has 6 nitrogen and oxygen atoms in total. The van der Waals surface area contributed by atoms with Crippen molar-refractivity contribution in [2.45, 2.75) is 44.2 Å². The van der Waals surface area contributed by atoms with Crippen molar-refractivity contribution in [2.24, 2.45) is 7.05 Å². The van der Waals surface area contributed by atoms with Crippen molar-refractivity contribution in [3.63, 3.8) is 0 Å². The van der Waals surface area contributed by atoms with Crippen LogP contribution in [0.5, 0.6) is 0 Å². The number of fused-ring (bicyclic) bond motifs is 2. The van der Waals surface area contributed by atoms with Gasteiger partial charge in [-0.2, -0.15) is 0 Å². The van der Waals surface area contributed by atoms with E-state index in [0.717, 1.165) is 59.8 Å². The van der Waals surface area contributed by atoms with Gasteiger partial charge in [0.05, 0.1) is 0 Å². The fraction of sp³-hybridized carbons (Fsp3) is 0.381. The Labute approximate surface area is 156 Å². The van der Waals surface area contributed by atoms with Crippen LogP contribution in [0.15, 0.2) is 41.5 Å². The molecule has 1 atom stereocenters. The van der Waals surface area contributed by atoms with E-state index < -0.39 is 0 Å². The highest BCUT2D eigenvalue weighted by atomic mass is 16.2. The van der Waals surface area contributed by atoms with Crippen molar-refractivity contribution >= 4 is 16.8 Å². The molecule has 0 radical (unpaired) electrons. The SMILES string of the molecule is Cn1ccc2c(C(=O)N(C3CC3)C3CCc4[nH]c(=O)ncc4C3)cccc21. The Kier molecular flexibility index (Phi) is 3.67. The minimum atomic E-state index is -0.293. The lowest BCUT2D eigenvalue weighted by atomic mass is 9.91. The molecule has 0 bridgehead atoms. The predicted molar refractivity (Wildman–Crippen MR) is 103 cm³/mol. The highest BCUT2D eigenvalue weighted by Gasteiger charge is 2.39. The molecule has 2 aliphatic carbocycles. The van der Waals surface area contributed by atoms with Gasteiger partial charge in [0.25, 0.3) is 5.91 Å². The van der Waals surface area contributed by atoms with Gasteiger partial charge in [0, 0.05) is 53.7 Å². The summed E-state index contributed by atoms with van der Waals surface area (Å²) in [6.45, 7) is 0. The van der Waals surface area contributed by atoms with Crippen LogP contribution >= 0.6 is 0 Å². The van der Waals surface area contributed by atoms with Crippen molar-refractivity contribution < 1.29 is 4.79 Å². The third-order valence-electron chi connectivity index (χ3n) is 5.89. The molecule has 6 heteroatoms. The van der Waals surface area contributed by atoms with E-state index in [1.54, 1.807) is 6.20 Å². The number of carbonyl (C=O) groups is 1. The molecule has 3 aromatic rings. The van der Waals surface area contributed by atoms with Crippen molar-refractivity contribution in [1.82, 2.24) is 19.4 Å². The Bertz CT molecular complexity index is 1090. The smallest absolute Gasteiger partial charge is 0.345 e. The Morgan fingerprint density at radius 3 is 2.89 bits per heavy atom. The number of amides is 1. The summed E-state index contributed by atoms with van der Waals surface area (Å²) in [5.74, 6) is 0.125. The zero-order valence-electron chi connectivity index (χ0n) is 15.3. The molecule has 2 aliphatic rings. The number of hydrogen-bond donors (Lipinski definition) is 1. The number of aromatic nitrogens is 3. The van der Waals surface area contributed by atoms with Gasteiger partial charge >= 0.3 is 5.69 Å². The molecule has 5 rings (SSSR count). The molecule has 0 aliphatic heterocycles. The Balaban J connectivity index is 1.50. The van der Waals surface area contributed by atoms with Gasteiger partial charge in [0.2, 0.25) is 0 Å². The molecule has 0 spiro atoms. The maximum atomic E-state index is 13.6. The molecule has 1 amide bonds. The molecule has 1 N–H and O–H groups in total. The maximum absolute atomic E-state index is 13.6. The maximum Gasteiger partial charge on any atom is 0.345 e. The van der Waals surface area contributed by atoms with Crippen LogP contribution in [0.1, 0.15) is 40.9 Å². The standard InChI is InChI=1S/C21H22N4O2/c1-24-10-9-16-17(3-2-4-19(16)24)20(26)25(14-5-6-14)15-7-8-18-13(11-15)12-22-21(27)23-18/h2-4,9-10,12,14-15H,5-8,11H2,1H3,(H,22,23,27). The fourth-order valence-electron chi connectivity index (χ4n) is 4.37. The molecular weight excluding hydrogens is 340 g/mol. The number of H-pyrrole nitrogens is 1. The van der Waals surface area contributed by atoms with Crippen LogP contribution in [-0.4, -0.2) is 37.4 Å². The van der Waals surface area contributed by atoms with Crippen LogP contribution in [-0.2, 0) is 19.9 Å². The molecular formula is C21H22N4O2. The van der Waals surface area contributed by atoms with Crippen molar-refractivity contribution in [1.29, 1.82) is 0 Å². The quantitative estimate of drug-likeness (QED) is 0.778. The Hall–Kier alpha value is -2.89. The van der Waals surface area contributed by atoms with Crippen molar-refractivity contribution in [3.8, 4) is 0 Å². The third kappa shape index (κ3) is 2.76. The Morgan fingerprint density at radius 2 is 2.07 bits per heavy atom. The first-order valence-corrected chi connectivity index (χ1v) is 9.55. The number of hydrogen-bond acceptors (Lipinski definition) is 3. The van der Waals surface area contributed by atoms with Gasteiger partial charge in [0.15, 0.2) is 0 Å². The van der Waals surface area contributed by atoms with E-state index in [-0.39, 0.29) is 17.6 Å². The van der Waals surface area contributed by atoms with E-state index in [1.807, 2.05) is 42.1 Å². The average Bonchev–Trinajstić information content (AvgIpc) is 3.44. The molecule has 1 aromatic carbocycles. The van der Waals surface area contributed by atoms with Crippen molar-refractivity contribution in [3.05, 3.63) is 64.0 Å². The fourth-order valence-corrected chi connectivity index (χ4v) is 4.37. The van der Waals surface area contributed by atoms with Gasteiger partial charge in [-0.15, -0.1) is 0 Å². The minimum Gasteiger partial charge on any atom is -0.351 e. The summed E-state index contributed by atoms with van der Waals surface area (Å²) >= 11 is 0. The highest BCUT2D eigenvalue weighted by Crippen LogP contribution is 2.35. The second-order valence-corrected chi connectivity index (χ2v) is 7.70. The summed E-state index contributed by atoms with van der Waals surface area (Å²) in [4.78, 5) is 33.8. The molecule has 0 saturated heterocycles. The van der Waals surface area contributed by atoms with Gasteiger partial charge in [-0.05, 0) is 55.9 Å². The lowest BCUT2D eigenvalue weighted by molar-refractivity contribution is 0.0644. The first-order chi connectivity index (χ1) is 13.1. The first-order valence-electron chi connectivity index (χ1n) is 9.55. The number of rotatable bonds is 3. The normalized spacial score (nSPS) is 19.1. The zero-order valence-corrected chi connectivity index (χ0v) is 15.3. The number of carbonyl (C=O) groups excluding carboxylic acids is 1. The predicted octanol–water partition coefficient (Wildman–Crippen LogP) is 2.42. The van der Waals surface area contributed by atoms with E-state index in [0.29, 0.717) is 6.04 Å². The molecule has 2 heterocycles. The number of aromatic amines is 1. The Morgan fingerprint density at radius 1 is 1.22 bits per heavy atom. The molecule has 2 aromatic heterocycles. The summed E-state index contributed by atoms with van der Waals surface area (Å²) < 4.78 is 2.05. The minimum absolute atomic E-state index is 0.125. The van der Waals surface area contributed by atoms with Crippen LogP contribution in [0.25, 0.3) is 10.9 Å². The number of aryl methyl sites for hydroxylation is 2. The second-order valence-electron chi connectivity index (χ2n) is 7.70. The summed E-state index contributed by atoms with van der Waals surface area (Å²) in [6, 6.07) is 8.47. The monoisotopic (exact) mass is 362 g/mol. The summed E-state index contributed by atoms with van der Waals surface area (Å²) in [5, 5.41) is 1.01. The lowest BCUT2D eigenvalue weighted by Gasteiger charge is -2.35. The van der Waals surface area contributed by atoms with Crippen LogP contribution in [0.4, 0.5) is 0 Å². The van der Waals surface area contributed by atoms with Gasteiger partial charge in [0.1, 0.15) is 0 Å². The van der Waals surface area contributed by atoms with Crippen molar-refractivity contribution in [2.75, 3.05) is 0 Å². The van der Waals surface area contributed by atoms with Crippen LogP contribution in [0.3, 0.4) is 0 Å². The van der Waals surface area contributed by atoms with Crippen LogP contribution in [0, 0.1) is 0 Å². The summed E-state index contributed by atoms with van der Waals surface area (Å²) in [6.07, 6.45) is 8.24. The summed E-state index contributed by atoms with van der Waals surface area (Å²) in [7, 11) is 2.00. The van der Waals surface area contributed by atoms with Gasteiger partial charge in [-0.25, -0.2) is 9.78 Å². The van der Waals surface area contributed by atoms with E-state index in [4.69, 9.17) is 0 Å². The van der Waals surface area contributed by atoms with E-state index >= 15 is 0 Å². The zero-order chi connectivity index (χ0) is 18.5. The highest BCUT2D eigenvalue weighted by molar-refractivity contribution is 6.06. The molecule has 1 saturated carbocycles. The molecule has 1 fully saturated rings. The molecule has 138 valence electrons. The largest absolute Gasteiger partial charge is 0.351 e. The number of nitrogens with one attached hydrogen (secondary N) is 1. The third-order valence-corrected chi connectivity index (χ3v) is 5.89. The van der Waals surface area contributed by atoms with Gasteiger partial charge < -0.3 is 14.5 Å². The van der Waals surface area contributed by atoms with E-state index in [9.17, 15) is 9.59 Å². The first kappa shape index (κ1) is 16.3. The number of nitrogens with zero attached hydrogens (tertiary/aromatic N) is 3. The second kappa shape index (κ2) is 6.08. The lowest BCUT2D eigenvalue weighted by Crippen LogP contribution is -2.45. The van der Waals surface area contributed by atoms with E-state index in [2.05, 4.69) is 14.9 Å². The van der Waals surface area contributed by atoms with Crippen LogP contribution < -0.4 is 5.69 Å². The van der Waals surface area contributed by atoms with Gasteiger partial charge in [-0.3, -0.25) is 4.79 Å². The summed E-state index contributed by atoms with van der Waals surface area (Å²) in [5.41, 5.74) is 3.60. The average molecular weight is 362 g/mol. The van der Waals surface area contributed by atoms with Crippen LogP contribution in [0.2, 0.25) is 0 Å². The topological polar surface area (TPSA) is 71.0 Å².